The molecule has 0 spiro atoms. The molecule has 0 saturated heterocycles. The molecule has 1 atom stereocenters. The topological polar surface area (TPSA) is 76.7 Å². The second-order valence-corrected chi connectivity index (χ2v) is 6.58. The molecule has 28 heavy (non-hydrogen) atoms. The molecule has 1 aliphatic rings. The van der Waals surface area contributed by atoms with E-state index in [0.717, 1.165) is 10.9 Å². The molecule has 0 bridgehead atoms. The van der Waals surface area contributed by atoms with Gasteiger partial charge < -0.3 is 9.47 Å². The maximum Gasteiger partial charge on any atom is 0.283 e. The van der Waals surface area contributed by atoms with E-state index in [2.05, 4.69) is 23.0 Å². The van der Waals surface area contributed by atoms with Crippen LogP contribution >= 0.6 is 0 Å². The van der Waals surface area contributed by atoms with Crippen molar-refractivity contribution in [2.45, 2.75) is 18.9 Å². The zero-order valence-corrected chi connectivity index (χ0v) is 15.2. The fourth-order valence-corrected chi connectivity index (χ4v) is 3.08. The smallest absolute Gasteiger partial charge is 0.283 e. The van der Waals surface area contributed by atoms with Gasteiger partial charge in [0.2, 0.25) is 12.0 Å². The average Bonchev–Trinajstić information content (AvgIpc) is 2.75. The summed E-state index contributed by atoms with van der Waals surface area (Å²) in [7, 11) is 0. The van der Waals surface area contributed by atoms with Crippen LogP contribution in [0.25, 0.3) is 10.8 Å². The molecule has 6 nitrogen and oxygen atoms in total. The highest BCUT2D eigenvalue weighted by Gasteiger charge is 2.27. The van der Waals surface area contributed by atoms with E-state index in [1.807, 2.05) is 36.4 Å². The van der Waals surface area contributed by atoms with Gasteiger partial charge in [-0.1, -0.05) is 54.6 Å². The number of rotatable bonds is 4. The number of carbonyl (C=O) groups is 2. The summed E-state index contributed by atoms with van der Waals surface area (Å²) in [6.45, 7) is 0.0931. The zero-order chi connectivity index (χ0) is 19.3. The van der Waals surface area contributed by atoms with Crippen molar-refractivity contribution in [3.8, 4) is 11.5 Å². The van der Waals surface area contributed by atoms with E-state index in [0.29, 0.717) is 17.9 Å². The molecule has 3 aromatic carbocycles. The van der Waals surface area contributed by atoms with Crippen molar-refractivity contribution in [3.05, 3.63) is 72.3 Å². The fourth-order valence-electron chi connectivity index (χ4n) is 3.08. The average molecular weight is 376 g/mol. The number of ether oxygens (including phenoxy) is 2. The Kier molecular flexibility index (Phi) is 5.10. The fraction of sp³-hybridized carbons (Fsp3) is 0.182. The highest BCUT2D eigenvalue weighted by molar-refractivity contribution is 5.86. The Morgan fingerprint density at radius 3 is 2.50 bits per heavy atom. The molecule has 3 aromatic rings. The lowest BCUT2D eigenvalue weighted by atomic mass is 10.0. The highest BCUT2D eigenvalue weighted by atomic mass is 16.6. The Bertz CT molecular complexity index is 1020. The van der Waals surface area contributed by atoms with Crippen molar-refractivity contribution in [2.24, 2.45) is 0 Å². The SMILES string of the molecule is O=C(CCc1ccc2ccccc2c1)NNC(=O)C1COc2ccccc2O1. The molecule has 0 fully saturated rings. The molecule has 1 aliphatic heterocycles. The molecule has 2 amide bonds. The number of nitrogens with one attached hydrogen (secondary N) is 2. The van der Waals surface area contributed by atoms with Gasteiger partial charge in [-0.15, -0.1) is 0 Å². The van der Waals surface area contributed by atoms with Gasteiger partial charge in [0.15, 0.2) is 11.5 Å². The number of hydrogen-bond donors (Lipinski definition) is 2. The summed E-state index contributed by atoms with van der Waals surface area (Å²) in [5, 5.41) is 2.31. The summed E-state index contributed by atoms with van der Waals surface area (Å²) in [4.78, 5) is 24.3. The third-order valence-corrected chi connectivity index (χ3v) is 4.58. The molecule has 4 rings (SSSR count). The van der Waals surface area contributed by atoms with Crippen LogP contribution in [0.3, 0.4) is 0 Å². The summed E-state index contributed by atoms with van der Waals surface area (Å²) >= 11 is 0. The van der Waals surface area contributed by atoms with Crippen LogP contribution in [0.4, 0.5) is 0 Å². The minimum Gasteiger partial charge on any atom is -0.485 e. The molecular formula is C22H20N2O4. The highest BCUT2D eigenvalue weighted by Crippen LogP contribution is 2.30. The molecule has 0 saturated carbocycles. The predicted molar refractivity (Wildman–Crippen MR) is 105 cm³/mol. The van der Waals surface area contributed by atoms with Crippen LogP contribution in [0.2, 0.25) is 0 Å². The summed E-state index contributed by atoms with van der Waals surface area (Å²) in [5.41, 5.74) is 5.91. The Labute approximate surface area is 162 Å². The standard InChI is InChI=1S/C22H20N2O4/c25-21(12-10-15-9-11-16-5-1-2-6-17(16)13-15)23-24-22(26)20-14-27-18-7-3-4-8-19(18)28-20/h1-9,11,13,20H,10,12,14H2,(H,23,25)(H,24,26). The van der Waals surface area contributed by atoms with Gasteiger partial charge in [-0.05, 0) is 34.9 Å². The van der Waals surface area contributed by atoms with E-state index in [1.54, 1.807) is 18.2 Å². The van der Waals surface area contributed by atoms with E-state index in [-0.39, 0.29) is 18.9 Å². The lowest BCUT2D eigenvalue weighted by molar-refractivity contribution is -0.135. The number of benzene rings is 3. The third kappa shape index (κ3) is 4.06. The third-order valence-electron chi connectivity index (χ3n) is 4.58. The Hall–Kier alpha value is -3.54. The van der Waals surface area contributed by atoms with Crippen molar-refractivity contribution in [3.63, 3.8) is 0 Å². The van der Waals surface area contributed by atoms with Crippen LogP contribution in [0.15, 0.2) is 66.7 Å². The molecule has 1 unspecified atom stereocenters. The van der Waals surface area contributed by atoms with Crippen molar-refractivity contribution in [1.82, 2.24) is 10.9 Å². The molecule has 142 valence electrons. The van der Waals surface area contributed by atoms with Crippen molar-refractivity contribution >= 4 is 22.6 Å². The van der Waals surface area contributed by atoms with Gasteiger partial charge in [0.1, 0.15) is 6.61 Å². The number of hydrazine groups is 1. The first kappa shape index (κ1) is 17.9. The van der Waals surface area contributed by atoms with E-state index in [4.69, 9.17) is 9.47 Å². The number of fused-ring (bicyclic) bond motifs is 2. The summed E-state index contributed by atoms with van der Waals surface area (Å²) in [5.74, 6) is 0.398. The first-order valence-electron chi connectivity index (χ1n) is 9.14. The molecule has 1 heterocycles. The lowest BCUT2D eigenvalue weighted by Gasteiger charge is -2.25. The Morgan fingerprint density at radius 1 is 0.893 bits per heavy atom. The van der Waals surface area contributed by atoms with Crippen LogP contribution in [-0.4, -0.2) is 24.5 Å². The monoisotopic (exact) mass is 376 g/mol. The molecule has 0 aliphatic carbocycles. The first-order valence-corrected chi connectivity index (χ1v) is 9.14. The minimum absolute atomic E-state index is 0.0931. The molecule has 0 radical (unpaired) electrons. The van der Waals surface area contributed by atoms with E-state index in [9.17, 15) is 9.59 Å². The van der Waals surface area contributed by atoms with Gasteiger partial charge in [0, 0.05) is 6.42 Å². The van der Waals surface area contributed by atoms with E-state index >= 15 is 0 Å². The van der Waals surface area contributed by atoms with Gasteiger partial charge in [0.25, 0.3) is 5.91 Å². The number of para-hydroxylation sites is 2. The van der Waals surface area contributed by atoms with Crippen LogP contribution < -0.4 is 20.3 Å². The summed E-state index contributed by atoms with van der Waals surface area (Å²) in [6, 6.07) is 21.4. The quantitative estimate of drug-likeness (QED) is 0.687. The summed E-state index contributed by atoms with van der Waals surface area (Å²) < 4.78 is 11.1. The van der Waals surface area contributed by atoms with Crippen LogP contribution in [-0.2, 0) is 16.0 Å². The van der Waals surface area contributed by atoms with Gasteiger partial charge >= 0.3 is 0 Å². The molecule has 2 N–H and O–H groups in total. The van der Waals surface area contributed by atoms with Crippen LogP contribution in [0.5, 0.6) is 11.5 Å². The maximum atomic E-state index is 12.2. The first-order chi connectivity index (χ1) is 13.7. The van der Waals surface area contributed by atoms with Crippen molar-refractivity contribution in [1.29, 1.82) is 0 Å². The largest absolute Gasteiger partial charge is 0.485 e. The number of aryl methyl sites for hydroxylation is 1. The van der Waals surface area contributed by atoms with E-state index in [1.165, 1.54) is 5.39 Å². The molecule has 6 heteroatoms. The normalized spacial score (nSPS) is 15.1. The number of carbonyl (C=O) groups excluding carboxylic acids is 2. The van der Waals surface area contributed by atoms with Crippen molar-refractivity contribution in [2.75, 3.05) is 6.61 Å². The van der Waals surface area contributed by atoms with Crippen molar-refractivity contribution < 1.29 is 19.1 Å². The second kappa shape index (κ2) is 8.00. The Balaban J connectivity index is 1.25. The van der Waals surface area contributed by atoms with Gasteiger partial charge in [-0.2, -0.15) is 0 Å². The van der Waals surface area contributed by atoms with Gasteiger partial charge in [0.05, 0.1) is 0 Å². The number of hydrogen-bond acceptors (Lipinski definition) is 4. The van der Waals surface area contributed by atoms with Gasteiger partial charge in [-0.25, -0.2) is 0 Å². The van der Waals surface area contributed by atoms with E-state index < -0.39 is 12.0 Å². The Morgan fingerprint density at radius 2 is 1.64 bits per heavy atom. The summed E-state index contributed by atoms with van der Waals surface area (Å²) in [6.07, 6.45) is 0.0441. The number of amides is 2. The second-order valence-electron chi connectivity index (χ2n) is 6.58. The zero-order valence-electron chi connectivity index (χ0n) is 15.2. The minimum atomic E-state index is -0.810. The molecular weight excluding hydrogens is 356 g/mol. The lowest BCUT2D eigenvalue weighted by Crippen LogP contribution is -2.50. The van der Waals surface area contributed by atoms with Crippen LogP contribution in [0, 0.1) is 0 Å². The van der Waals surface area contributed by atoms with Gasteiger partial charge in [-0.3, -0.25) is 20.4 Å². The predicted octanol–water partition coefficient (Wildman–Crippen LogP) is 2.76. The molecule has 0 aromatic heterocycles. The maximum absolute atomic E-state index is 12.2. The van der Waals surface area contributed by atoms with Crippen LogP contribution in [0.1, 0.15) is 12.0 Å².